The lowest BCUT2D eigenvalue weighted by Crippen LogP contribution is -2.05. The van der Waals surface area contributed by atoms with E-state index in [0.29, 0.717) is 23.1 Å². The van der Waals surface area contributed by atoms with E-state index < -0.39 is 0 Å². The zero-order valence-electron chi connectivity index (χ0n) is 10.1. The molecule has 1 aliphatic rings. The first-order chi connectivity index (χ1) is 8.78. The SMILES string of the molecule is COc1cc(Cn2c(C3CC3)n[nH]c2=S)ccn1. The maximum Gasteiger partial charge on any atom is 0.213 e. The van der Waals surface area contributed by atoms with Crippen molar-refractivity contribution in [2.75, 3.05) is 7.11 Å². The van der Waals surface area contributed by atoms with Gasteiger partial charge in [-0.1, -0.05) is 0 Å². The fraction of sp³-hybridized carbons (Fsp3) is 0.417. The molecule has 1 saturated carbocycles. The first kappa shape index (κ1) is 11.4. The van der Waals surface area contributed by atoms with Gasteiger partial charge in [-0.05, 0) is 36.7 Å². The summed E-state index contributed by atoms with van der Waals surface area (Å²) in [5.74, 6) is 2.26. The Morgan fingerprint density at radius 2 is 2.39 bits per heavy atom. The molecule has 5 nitrogen and oxygen atoms in total. The molecule has 0 aliphatic heterocycles. The zero-order chi connectivity index (χ0) is 12.5. The van der Waals surface area contributed by atoms with Crippen LogP contribution >= 0.6 is 12.2 Å². The summed E-state index contributed by atoms with van der Waals surface area (Å²) in [5.41, 5.74) is 1.11. The Hall–Kier alpha value is -1.69. The topological polar surface area (TPSA) is 55.7 Å². The van der Waals surface area contributed by atoms with E-state index in [2.05, 4.69) is 19.7 Å². The second-order valence-corrected chi connectivity index (χ2v) is 4.84. The number of ether oxygens (including phenoxy) is 1. The van der Waals surface area contributed by atoms with E-state index in [1.54, 1.807) is 13.3 Å². The van der Waals surface area contributed by atoms with Crippen LogP contribution in [0.3, 0.4) is 0 Å². The molecular formula is C12H14N4OS. The molecule has 18 heavy (non-hydrogen) atoms. The van der Waals surface area contributed by atoms with Crippen LogP contribution in [0.5, 0.6) is 5.88 Å². The van der Waals surface area contributed by atoms with Crippen molar-refractivity contribution in [2.45, 2.75) is 25.3 Å². The van der Waals surface area contributed by atoms with Crippen molar-refractivity contribution in [1.82, 2.24) is 19.7 Å². The molecule has 0 spiro atoms. The van der Waals surface area contributed by atoms with E-state index in [9.17, 15) is 0 Å². The standard InChI is InChI=1S/C12H14N4OS/c1-17-10-6-8(4-5-13-10)7-16-11(9-2-3-9)14-15-12(16)18/h4-6,9H,2-3,7H2,1H3,(H,15,18). The summed E-state index contributed by atoms with van der Waals surface area (Å²) in [5, 5.41) is 7.19. The van der Waals surface area contributed by atoms with Gasteiger partial charge in [0.15, 0.2) is 4.77 Å². The Labute approximate surface area is 110 Å². The quantitative estimate of drug-likeness (QED) is 0.859. The summed E-state index contributed by atoms with van der Waals surface area (Å²) >= 11 is 5.28. The second-order valence-electron chi connectivity index (χ2n) is 4.45. The number of methoxy groups -OCH3 is 1. The highest BCUT2D eigenvalue weighted by molar-refractivity contribution is 7.71. The summed E-state index contributed by atoms with van der Waals surface area (Å²) in [7, 11) is 1.62. The average molecular weight is 262 g/mol. The van der Waals surface area contributed by atoms with E-state index in [0.717, 1.165) is 11.4 Å². The summed E-state index contributed by atoms with van der Waals surface area (Å²) in [6.45, 7) is 0.708. The molecule has 6 heteroatoms. The van der Waals surface area contributed by atoms with Gasteiger partial charge in [-0.25, -0.2) is 4.98 Å². The molecule has 0 atom stereocenters. The molecule has 0 saturated heterocycles. The average Bonchev–Trinajstić information content (AvgIpc) is 3.17. The number of nitrogens with one attached hydrogen (secondary N) is 1. The Morgan fingerprint density at radius 1 is 1.56 bits per heavy atom. The van der Waals surface area contributed by atoms with E-state index in [-0.39, 0.29) is 0 Å². The molecule has 1 fully saturated rings. The van der Waals surface area contributed by atoms with Gasteiger partial charge in [0.05, 0.1) is 13.7 Å². The predicted molar refractivity (Wildman–Crippen MR) is 69.3 cm³/mol. The maximum absolute atomic E-state index is 5.28. The molecule has 2 aromatic heterocycles. The highest BCUT2D eigenvalue weighted by atomic mass is 32.1. The van der Waals surface area contributed by atoms with Crippen LogP contribution in [0.2, 0.25) is 0 Å². The summed E-state index contributed by atoms with van der Waals surface area (Å²) < 4.78 is 7.86. The largest absolute Gasteiger partial charge is 0.481 e. The summed E-state index contributed by atoms with van der Waals surface area (Å²) in [4.78, 5) is 4.10. The van der Waals surface area contributed by atoms with Crippen LogP contribution in [0.25, 0.3) is 0 Å². The molecule has 0 bridgehead atoms. The third-order valence-electron chi connectivity index (χ3n) is 3.08. The number of pyridine rings is 1. The fourth-order valence-corrected chi connectivity index (χ4v) is 2.18. The van der Waals surface area contributed by atoms with Crippen LogP contribution in [-0.4, -0.2) is 26.9 Å². The number of aromatic amines is 1. The number of aromatic nitrogens is 4. The molecule has 2 heterocycles. The highest BCUT2D eigenvalue weighted by Crippen LogP contribution is 2.39. The number of hydrogen-bond acceptors (Lipinski definition) is 4. The Kier molecular flexibility index (Phi) is 2.87. The van der Waals surface area contributed by atoms with Crippen LogP contribution in [-0.2, 0) is 6.54 Å². The molecule has 2 aromatic rings. The molecular weight excluding hydrogens is 248 g/mol. The van der Waals surface area contributed by atoms with E-state index >= 15 is 0 Å². The molecule has 0 unspecified atom stereocenters. The minimum Gasteiger partial charge on any atom is -0.481 e. The lowest BCUT2D eigenvalue weighted by molar-refractivity contribution is 0.397. The molecule has 0 aromatic carbocycles. The molecule has 1 N–H and O–H groups in total. The van der Waals surface area contributed by atoms with Crippen molar-refractivity contribution in [1.29, 1.82) is 0 Å². The zero-order valence-corrected chi connectivity index (χ0v) is 10.9. The Balaban J connectivity index is 1.91. The molecule has 0 amide bonds. The fourth-order valence-electron chi connectivity index (χ4n) is 1.98. The Bertz CT molecular complexity index is 615. The van der Waals surface area contributed by atoms with Gasteiger partial charge in [0.2, 0.25) is 5.88 Å². The molecule has 94 valence electrons. The van der Waals surface area contributed by atoms with Crippen LogP contribution < -0.4 is 4.74 Å². The lowest BCUT2D eigenvalue weighted by Gasteiger charge is -2.07. The van der Waals surface area contributed by atoms with Gasteiger partial charge in [0.1, 0.15) is 5.82 Å². The highest BCUT2D eigenvalue weighted by Gasteiger charge is 2.28. The van der Waals surface area contributed by atoms with E-state index in [4.69, 9.17) is 17.0 Å². The lowest BCUT2D eigenvalue weighted by atomic mass is 10.2. The summed E-state index contributed by atoms with van der Waals surface area (Å²) in [6, 6.07) is 3.89. The number of nitrogens with zero attached hydrogens (tertiary/aromatic N) is 3. The minimum absolute atomic E-state index is 0.571. The monoisotopic (exact) mass is 262 g/mol. The van der Waals surface area contributed by atoms with Crippen LogP contribution in [0, 0.1) is 4.77 Å². The van der Waals surface area contributed by atoms with Gasteiger partial charge in [-0.3, -0.25) is 9.67 Å². The second kappa shape index (κ2) is 4.53. The minimum atomic E-state index is 0.571. The third-order valence-corrected chi connectivity index (χ3v) is 3.39. The number of hydrogen-bond donors (Lipinski definition) is 1. The first-order valence-electron chi connectivity index (χ1n) is 5.92. The van der Waals surface area contributed by atoms with Crippen molar-refractivity contribution in [3.63, 3.8) is 0 Å². The van der Waals surface area contributed by atoms with Crippen molar-refractivity contribution in [3.05, 3.63) is 34.5 Å². The van der Waals surface area contributed by atoms with E-state index in [1.165, 1.54) is 12.8 Å². The van der Waals surface area contributed by atoms with Crippen molar-refractivity contribution < 1.29 is 4.74 Å². The van der Waals surface area contributed by atoms with E-state index in [1.807, 2.05) is 12.1 Å². The van der Waals surface area contributed by atoms with Crippen LogP contribution in [0.15, 0.2) is 18.3 Å². The molecule has 1 aliphatic carbocycles. The normalized spacial score (nSPS) is 14.7. The number of H-pyrrole nitrogens is 1. The third kappa shape index (κ3) is 2.15. The smallest absolute Gasteiger partial charge is 0.213 e. The number of rotatable bonds is 4. The first-order valence-corrected chi connectivity index (χ1v) is 6.33. The van der Waals surface area contributed by atoms with Crippen molar-refractivity contribution in [3.8, 4) is 5.88 Å². The van der Waals surface area contributed by atoms with Crippen molar-refractivity contribution >= 4 is 12.2 Å². The van der Waals surface area contributed by atoms with Gasteiger partial charge >= 0.3 is 0 Å². The van der Waals surface area contributed by atoms with Gasteiger partial charge in [0, 0.05) is 18.2 Å². The van der Waals surface area contributed by atoms with Gasteiger partial charge in [0.25, 0.3) is 0 Å². The molecule has 3 rings (SSSR count). The van der Waals surface area contributed by atoms with Gasteiger partial charge in [-0.15, -0.1) is 0 Å². The summed E-state index contributed by atoms with van der Waals surface area (Å²) in [6.07, 6.45) is 4.16. The van der Waals surface area contributed by atoms with Crippen LogP contribution in [0.4, 0.5) is 0 Å². The predicted octanol–water partition coefficient (Wildman–Crippen LogP) is 2.27. The van der Waals surface area contributed by atoms with Crippen molar-refractivity contribution in [2.24, 2.45) is 0 Å². The molecule has 0 radical (unpaired) electrons. The van der Waals surface area contributed by atoms with Gasteiger partial charge in [-0.2, -0.15) is 5.10 Å². The maximum atomic E-state index is 5.28. The Morgan fingerprint density at radius 3 is 3.11 bits per heavy atom. The van der Waals surface area contributed by atoms with Crippen LogP contribution in [0.1, 0.15) is 30.1 Å². The van der Waals surface area contributed by atoms with Gasteiger partial charge < -0.3 is 4.74 Å².